The van der Waals surface area contributed by atoms with Gasteiger partial charge in [0.15, 0.2) is 0 Å². The molecule has 0 unspecified atom stereocenters. The minimum absolute atomic E-state index is 0.697. The summed E-state index contributed by atoms with van der Waals surface area (Å²) < 4.78 is 4.89. The average Bonchev–Trinajstić information content (AvgIpc) is 2.97. The zero-order valence-corrected chi connectivity index (χ0v) is 10.0. The zero-order chi connectivity index (χ0) is 11.9. The summed E-state index contributed by atoms with van der Waals surface area (Å²) in [5.74, 6) is -0.711. The van der Waals surface area contributed by atoms with Gasteiger partial charge in [-0.1, -0.05) is 23.4 Å². The molecule has 1 aromatic heterocycles. The van der Waals surface area contributed by atoms with Gasteiger partial charge in [-0.3, -0.25) is 4.79 Å². The van der Waals surface area contributed by atoms with Crippen LogP contribution in [0.2, 0.25) is 0 Å². The zero-order valence-electron chi connectivity index (χ0n) is 9.22. The standard InChI is InChI=1S/C12H12N2O2S/c15-11(16)12(5-1-2-6-12)8-3-4-10-9(7-8)13-14-17-10/h3-4,7H,1-2,5-6H2,(H,15,16). The Morgan fingerprint density at radius 3 is 2.82 bits per heavy atom. The van der Waals surface area contributed by atoms with Crippen molar-refractivity contribution in [1.82, 2.24) is 9.59 Å². The second-order valence-electron chi connectivity index (χ2n) is 4.55. The Kier molecular flexibility index (Phi) is 2.36. The number of rotatable bonds is 2. The van der Waals surface area contributed by atoms with Gasteiger partial charge in [-0.25, -0.2) is 0 Å². The van der Waals surface area contributed by atoms with E-state index in [0.717, 1.165) is 41.5 Å². The maximum Gasteiger partial charge on any atom is 0.314 e. The van der Waals surface area contributed by atoms with Crippen LogP contribution in [0.4, 0.5) is 0 Å². The average molecular weight is 248 g/mol. The molecule has 1 aliphatic rings. The Hall–Kier alpha value is -1.49. The molecule has 0 radical (unpaired) electrons. The largest absolute Gasteiger partial charge is 0.481 e. The molecule has 1 aliphatic carbocycles. The highest BCUT2D eigenvalue weighted by molar-refractivity contribution is 7.12. The number of carboxylic acids is 1. The Morgan fingerprint density at radius 2 is 2.12 bits per heavy atom. The molecule has 0 aliphatic heterocycles. The molecule has 17 heavy (non-hydrogen) atoms. The van der Waals surface area contributed by atoms with Gasteiger partial charge in [0.1, 0.15) is 5.52 Å². The second-order valence-corrected chi connectivity index (χ2v) is 5.34. The molecule has 0 bridgehead atoms. The third kappa shape index (κ3) is 1.53. The van der Waals surface area contributed by atoms with Crippen LogP contribution in [-0.2, 0) is 10.2 Å². The smallest absolute Gasteiger partial charge is 0.314 e. The Labute approximate surface area is 102 Å². The summed E-state index contributed by atoms with van der Waals surface area (Å²) in [6, 6.07) is 5.73. The number of carboxylic acid groups (broad SMARTS) is 1. The number of hydrogen-bond acceptors (Lipinski definition) is 4. The van der Waals surface area contributed by atoms with Gasteiger partial charge in [-0.15, -0.1) is 5.10 Å². The van der Waals surface area contributed by atoms with Crippen LogP contribution in [0, 0.1) is 0 Å². The van der Waals surface area contributed by atoms with Crippen molar-refractivity contribution in [3.8, 4) is 0 Å². The second kappa shape index (κ2) is 3.77. The fourth-order valence-corrected chi connectivity index (χ4v) is 3.22. The molecule has 5 heteroatoms. The molecular weight excluding hydrogens is 236 g/mol. The fraction of sp³-hybridized carbons (Fsp3) is 0.417. The van der Waals surface area contributed by atoms with E-state index in [1.54, 1.807) is 0 Å². The monoisotopic (exact) mass is 248 g/mol. The minimum atomic E-state index is -0.711. The molecule has 2 aromatic rings. The molecule has 88 valence electrons. The molecule has 1 fully saturated rings. The van der Waals surface area contributed by atoms with Crippen LogP contribution in [0.15, 0.2) is 18.2 Å². The predicted octanol–water partition coefficient (Wildman–Crippen LogP) is 2.59. The lowest BCUT2D eigenvalue weighted by atomic mass is 9.79. The number of carbonyl (C=O) groups is 1. The lowest BCUT2D eigenvalue weighted by Gasteiger charge is -2.24. The van der Waals surface area contributed by atoms with Gasteiger partial charge in [0.05, 0.1) is 10.1 Å². The van der Waals surface area contributed by atoms with E-state index in [1.807, 2.05) is 18.2 Å². The van der Waals surface area contributed by atoms with Crippen molar-refractivity contribution in [3.63, 3.8) is 0 Å². The third-order valence-electron chi connectivity index (χ3n) is 3.67. The van der Waals surface area contributed by atoms with Crippen LogP contribution in [0.25, 0.3) is 10.2 Å². The molecule has 0 saturated heterocycles. The first-order valence-corrected chi connectivity index (χ1v) is 6.46. The van der Waals surface area contributed by atoms with Crippen molar-refractivity contribution in [2.45, 2.75) is 31.1 Å². The van der Waals surface area contributed by atoms with Crippen LogP contribution in [0.3, 0.4) is 0 Å². The SMILES string of the molecule is O=C(O)C1(c2ccc3snnc3c2)CCCC1. The van der Waals surface area contributed by atoms with E-state index in [-0.39, 0.29) is 0 Å². The minimum Gasteiger partial charge on any atom is -0.481 e. The van der Waals surface area contributed by atoms with Gasteiger partial charge < -0.3 is 5.11 Å². The maximum atomic E-state index is 11.6. The maximum absolute atomic E-state index is 11.6. The number of hydrogen-bond donors (Lipinski definition) is 1. The highest BCUT2D eigenvalue weighted by Gasteiger charge is 2.42. The van der Waals surface area contributed by atoms with Gasteiger partial charge in [-0.05, 0) is 42.1 Å². The molecule has 1 aromatic carbocycles. The molecule has 0 spiro atoms. The molecule has 1 heterocycles. The van der Waals surface area contributed by atoms with Crippen LogP contribution in [0.5, 0.6) is 0 Å². The van der Waals surface area contributed by atoms with Crippen LogP contribution in [-0.4, -0.2) is 20.7 Å². The van der Waals surface area contributed by atoms with E-state index >= 15 is 0 Å². The molecule has 4 nitrogen and oxygen atoms in total. The number of aromatic nitrogens is 2. The number of nitrogens with zero attached hydrogens (tertiary/aromatic N) is 2. The van der Waals surface area contributed by atoms with Crippen molar-refractivity contribution >= 4 is 27.7 Å². The lowest BCUT2D eigenvalue weighted by molar-refractivity contribution is -0.143. The topological polar surface area (TPSA) is 63.1 Å². The molecule has 1 saturated carbocycles. The predicted molar refractivity (Wildman–Crippen MR) is 65.2 cm³/mol. The first-order valence-electron chi connectivity index (χ1n) is 5.68. The molecule has 1 N–H and O–H groups in total. The van der Waals surface area contributed by atoms with E-state index in [1.165, 1.54) is 11.5 Å². The Balaban J connectivity index is 2.14. The van der Waals surface area contributed by atoms with Crippen molar-refractivity contribution in [1.29, 1.82) is 0 Å². The number of benzene rings is 1. The van der Waals surface area contributed by atoms with Crippen molar-refractivity contribution < 1.29 is 9.90 Å². The summed E-state index contributed by atoms with van der Waals surface area (Å²) in [7, 11) is 0. The molecule has 0 atom stereocenters. The normalized spacial score (nSPS) is 18.6. The van der Waals surface area contributed by atoms with Gasteiger partial charge in [0.25, 0.3) is 0 Å². The van der Waals surface area contributed by atoms with Gasteiger partial charge in [0, 0.05) is 0 Å². The van der Waals surface area contributed by atoms with Gasteiger partial charge >= 0.3 is 5.97 Å². The molecule has 3 rings (SSSR count). The van der Waals surface area contributed by atoms with Gasteiger partial charge in [0.2, 0.25) is 0 Å². The number of aliphatic carboxylic acids is 1. The third-order valence-corrected chi connectivity index (χ3v) is 4.37. The van der Waals surface area contributed by atoms with E-state index < -0.39 is 11.4 Å². The summed E-state index contributed by atoms with van der Waals surface area (Å²) in [6.07, 6.45) is 3.43. The Bertz CT molecular complexity index is 573. The highest BCUT2D eigenvalue weighted by Crippen LogP contribution is 2.42. The van der Waals surface area contributed by atoms with Crippen LogP contribution in [0.1, 0.15) is 31.2 Å². The van der Waals surface area contributed by atoms with Crippen LogP contribution < -0.4 is 0 Å². The fourth-order valence-electron chi connectivity index (χ4n) is 2.68. The van der Waals surface area contributed by atoms with E-state index in [9.17, 15) is 9.90 Å². The summed E-state index contributed by atoms with van der Waals surface area (Å²) in [5, 5.41) is 13.5. The Morgan fingerprint density at radius 1 is 1.35 bits per heavy atom. The summed E-state index contributed by atoms with van der Waals surface area (Å²) in [5.41, 5.74) is 0.986. The van der Waals surface area contributed by atoms with Crippen molar-refractivity contribution in [3.05, 3.63) is 23.8 Å². The van der Waals surface area contributed by atoms with E-state index in [2.05, 4.69) is 9.59 Å². The molecular formula is C12H12N2O2S. The highest BCUT2D eigenvalue weighted by atomic mass is 32.1. The molecule has 0 amide bonds. The first kappa shape index (κ1) is 10.7. The van der Waals surface area contributed by atoms with E-state index in [0.29, 0.717) is 0 Å². The van der Waals surface area contributed by atoms with Crippen molar-refractivity contribution in [2.24, 2.45) is 0 Å². The lowest BCUT2D eigenvalue weighted by Crippen LogP contribution is -2.32. The number of fused-ring (bicyclic) bond motifs is 1. The first-order chi connectivity index (χ1) is 8.22. The summed E-state index contributed by atoms with van der Waals surface area (Å²) in [6.45, 7) is 0. The van der Waals surface area contributed by atoms with Gasteiger partial charge in [-0.2, -0.15) is 0 Å². The quantitative estimate of drug-likeness (QED) is 0.887. The summed E-state index contributed by atoms with van der Waals surface area (Å²) >= 11 is 1.34. The van der Waals surface area contributed by atoms with E-state index in [4.69, 9.17) is 0 Å². The summed E-state index contributed by atoms with van der Waals surface area (Å²) in [4.78, 5) is 11.6. The van der Waals surface area contributed by atoms with Crippen LogP contribution >= 0.6 is 11.5 Å². The van der Waals surface area contributed by atoms with Crippen molar-refractivity contribution in [2.75, 3.05) is 0 Å².